The third kappa shape index (κ3) is 3.72. The van der Waals surface area contributed by atoms with Crippen LogP contribution in [0, 0.1) is 11.7 Å². The van der Waals surface area contributed by atoms with Crippen molar-refractivity contribution in [3.63, 3.8) is 0 Å². The summed E-state index contributed by atoms with van der Waals surface area (Å²) in [5.74, 6) is 0.795. The molecule has 0 atom stereocenters. The molecule has 3 aromatic rings. The molecular weight excluding hydrogens is 356 g/mol. The first-order chi connectivity index (χ1) is 13.1. The molecule has 1 aliphatic heterocycles. The van der Waals surface area contributed by atoms with Crippen molar-refractivity contribution in [3.05, 3.63) is 86.4 Å². The van der Waals surface area contributed by atoms with Gasteiger partial charge in [0.1, 0.15) is 5.82 Å². The standard InChI is InChI=1S/C21H22N4OS/c1-15-7-9-17(10-8-15)25-19-18(20(26)23-21(25)27)13-24(14-22-19)12-11-16-5-3-2-4-6-16/h2-10,22H,11-14H2,1H3,(H,23,26,27). The number of aromatic nitrogens is 2. The number of benzene rings is 2. The molecule has 4 rings (SSSR count). The number of nitrogens with one attached hydrogen (secondary N) is 2. The SMILES string of the molecule is Cc1ccc(-n2c3c(c(=O)[nH]c2=S)CN(CCc2ccccc2)CN3)cc1. The second-order valence-electron chi connectivity index (χ2n) is 6.88. The highest BCUT2D eigenvalue weighted by Crippen LogP contribution is 2.23. The first-order valence-electron chi connectivity index (χ1n) is 9.07. The maximum absolute atomic E-state index is 12.5. The van der Waals surface area contributed by atoms with E-state index in [1.165, 1.54) is 11.1 Å². The maximum atomic E-state index is 12.5. The first kappa shape index (κ1) is 17.7. The van der Waals surface area contributed by atoms with Gasteiger partial charge in [-0.05, 0) is 43.3 Å². The first-order valence-corrected chi connectivity index (χ1v) is 9.48. The van der Waals surface area contributed by atoms with Crippen LogP contribution in [-0.2, 0) is 13.0 Å². The van der Waals surface area contributed by atoms with Crippen LogP contribution in [0.4, 0.5) is 5.82 Å². The fourth-order valence-electron chi connectivity index (χ4n) is 3.40. The second-order valence-corrected chi connectivity index (χ2v) is 7.27. The number of hydrogen-bond acceptors (Lipinski definition) is 4. The summed E-state index contributed by atoms with van der Waals surface area (Å²) in [4.78, 5) is 17.6. The molecule has 1 aliphatic rings. The molecule has 0 fully saturated rings. The van der Waals surface area contributed by atoms with E-state index < -0.39 is 0 Å². The molecule has 0 radical (unpaired) electrons. The lowest BCUT2D eigenvalue weighted by Crippen LogP contribution is -2.40. The van der Waals surface area contributed by atoms with E-state index in [1.807, 2.05) is 41.8 Å². The predicted molar refractivity (Wildman–Crippen MR) is 111 cm³/mol. The van der Waals surface area contributed by atoms with Crippen molar-refractivity contribution in [1.82, 2.24) is 14.5 Å². The number of rotatable bonds is 4. The highest BCUT2D eigenvalue weighted by molar-refractivity contribution is 7.71. The summed E-state index contributed by atoms with van der Waals surface area (Å²) in [6.45, 7) is 4.22. The van der Waals surface area contributed by atoms with Gasteiger partial charge in [0, 0.05) is 18.8 Å². The van der Waals surface area contributed by atoms with Gasteiger partial charge in [-0.2, -0.15) is 0 Å². The molecule has 0 saturated carbocycles. The van der Waals surface area contributed by atoms with Crippen molar-refractivity contribution in [1.29, 1.82) is 0 Å². The molecular formula is C21H22N4OS. The number of aromatic amines is 1. The molecule has 0 unspecified atom stereocenters. The lowest BCUT2D eigenvalue weighted by Gasteiger charge is -2.31. The topological polar surface area (TPSA) is 53.1 Å². The fourth-order valence-corrected chi connectivity index (χ4v) is 3.69. The van der Waals surface area contributed by atoms with Crippen molar-refractivity contribution in [2.24, 2.45) is 0 Å². The van der Waals surface area contributed by atoms with Gasteiger partial charge >= 0.3 is 0 Å². The molecule has 5 nitrogen and oxygen atoms in total. The van der Waals surface area contributed by atoms with Crippen LogP contribution in [-0.4, -0.2) is 27.7 Å². The Morgan fingerprint density at radius 3 is 2.56 bits per heavy atom. The van der Waals surface area contributed by atoms with E-state index >= 15 is 0 Å². The summed E-state index contributed by atoms with van der Waals surface area (Å²) in [6, 6.07) is 18.5. The average molecular weight is 379 g/mol. The van der Waals surface area contributed by atoms with E-state index in [-0.39, 0.29) is 5.56 Å². The van der Waals surface area contributed by atoms with Gasteiger partial charge in [-0.25, -0.2) is 0 Å². The van der Waals surface area contributed by atoms with Gasteiger partial charge < -0.3 is 5.32 Å². The Kier molecular flexibility index (Phi) is 4.92. The summed E-state index contributed by atoms with van der Waals surface area (Å²) in [7, 11) is 0. The quantitative estimate of drug-likeness (QED) is 0.681. The molecule has 0 saturated heterocycles. The zero-order valence-electron chi connectivity index (χ0n) is 15.2. The summed E-state index contributed by atoms with van der Waals surface area (Å²) in [5.41, 5.74) is 4.04. The number of H-pyrrole nitrogens is 1. The van der Waals surface area contributed by atoms with Crippen LogP contribution in [0.15, 0.2) is 59.4 Å². The Labute approximate surface area is 163 Å². The second kappa shape index (κ2) is 7.50. The van der Waals surface area contributed by atoms with Crippen molar-refractivity contribution in [2.45, 2.75) is 19.9 Å². The molecule has 1 aromatic heterocycles. The van der Waals surface area contributed by atoms with Gasteiger partial charge in [0.25, 0.3) is 5.56 Å². The van der Waals surface area contributed by atoms with E-state index in [1.54, 1.807) is 0 Å². The van der Waals surface area contributed by atoms with Crippen molar-refractivity contribution < 1.29 is 0 Å². The normalized spacial score (nSPS) is 13.8. The average Bonchev–Trinajstić information content (AvgIpc) is 2.69. The lowest BCUT2D eigenvalue weighted by atomic mass is 10.1. The van der Waals surface area contributed by atoms with Crippen LogP contribution in [0.3, 0.4) is 0 Å². The Bertz CT molecular complexity index is 1050. The Hall–Kier alpha value is -2.70. The molecule has 0 aliphatic carbocycles. The van der Waals surface area contributed by atoms with Crippen LogP contribution in [0.2, 0.25) is 0 Å². The summed E-state index contributed by atoms with van der Waals surface area (Å²) in [5, 5.41) is 3.41. The summed E-state index contributed by atoms with van der Waals surface area (Å²) < 4.78 is 2.33. The minimum absolute atomic E-state index is 0.115. The van der Waals surface area contributed by atoms with E-state index in [4.69, 9.17) is 12.2 Å². The van der Waals surface area contributed by atoms with E-state index in [9.17, 15) is 4.79 Å². The summed E-state index contributed by atoms with van der Waals surface area (Å²) in [6.07, 6.45) is 0.951. The van der Waals surface area contributed by atoms with Gasteiger partial charge in [-0.3, -0.25) is 19.2 Å². The van der Waals surface area contributed by atoms with E-state index in [2.05, 4.69) is 39.5 Å². The fraction of sp³-hybridized carbons (Fsp3) is 0.238. The number of aryl methyl sites for hydroxylation is 1. The predicted octanol–water partition coefficient (Wildman–Crippen LogP) is 3.63. The molecule has 2 heterocycles. The number of hydrogen-bond donors (Lipinski definition) is 2. The highest BCUT2D eigenvalue weighted by atomic mass is 32.1. The van der Waals surface area contributed by atoms with Gasteiger partial charge in [0.15, 0.2) is 4.77 Å². The number of nitrogens with zero attached hydrogens (tertiary/aromatic N) is 2. The Balaban J connectivity index is 1.62. The van der Waals surface area contributed by atoms with Crippen molar-refractivity contribution in [3.8, 4) is 5.69 Å². The third-order valence-corrected chi connectivity index (χ3v) is 5.20. The van der Waals surface area contributed by atoms with E-state index in [0.29, 0.717) is 18.0 Å². The van der Waals surface area contributed by atoms with Gasteiger partial charge in [-0.1, -0.05) is 48.0 Å². The molecule has 2 N–H and O–H groups in total. The van der Waals surface area contributed by atoms with Gasteiger partial charge in [0.2, 0.25) is 0 Å². The molecule has 0 bridgehead atoms. The molecule has 2 aromatic carbocycles. The maximum Gasteiger partial charge on any atom is 0.258 e. The molecule has 6 heteroatoms. The van der Waals surface area contributed by atoms with Crippen LogP contribution >= 0.6 is 12.2 Å². The van der Waals surface area contributed by atoms with Crippen LogP contribution in [0.1, 0.15) is 16.7 Å². The van der Waals surface area contributed by atoms with Gasteiger partial charge in [0.05, 0.1) is 12.2 Å². The zero-order valence-corrected chi connectivity index (χ0v) is 16.1. The monoisotopic (exact) mass is 378 g/mol. The molecule has 0 amide bonds. The largest absolute Gasteiger partial charge is 0.358 e. The molecule has 138 valence electrons. The van der Waals surface area contributed by atoms with Crippen LogP contribution < -0.4 is 10.9 Å². The van der Waals surface area contributed by atoms with Gasteiger partial charge in [-0.15, -0.1) is 0 Å². The summed E-state index contributed by atoms with van der Waals surface area (Å²) >= 11 is 5.44. The highest BCUT2D eigenvalue weighted by Gasteiger charge is 2.22. The Morgan fingerprint density at radius 1 is 1.07 bits per heavy atom. The lowest BCUT2D eigenvalue weighted by molar-refractivity contribution is 0.276. The Morgan fingerprint density at radius 2 is 1.81 bits per heavy atom. The minimum atomic E-state index is -0.115. The smallest absolute Gasteiger partial charge is 0.258 e. The van der Waals surface area contributed by atoms with Crippen LogP contribution in [0.25, 0.3) is 5.69 Å². The molecule has 27 heavy (non-hydrogen) atoms. The van der Waals surface area contributed by atoms with Crippen LogP contribution in [0.5, 0.6) is 0 Å². The van der Waals surface area contributed by atoms with E-state index in [0.717, 1.165) is 30.0 Å². The van der Waals surface area contributed by atoms with Crippen molar-refractivity contribution in [2.75, 3.05) is 18.5 Å². The molecule has 0 spiro atoms. The third-order valence-electron chi connectivity index (χ3n) is 4.91. The minimum Gasteiger partial charge on any atom is -0.358 e. The zero-order chi connectivity index (χ0) is 18.8. The van der Waals surface area contributed by atoms with Crippen molar-refractivity contribution >= 4 is 18.0 Å². The number of anilines is 1. The number of fused-ring (bicyclic) bond motifs is 1.